The first-order valence-corrected chi connectivity index (χ1v) is 7.96. The SMILES string of the molecule is OCC1CCN(C2CCCN(C3CCCC3)C2)C1. The minimum absolute atomic E-state index is 0.384. The van der Waals surface area contributed by atoms with Crippen LogP contribution in [0.4, 0.5) is 0 Å². The highest BCUT2D eigenvalue weighted by Crippen LogP contribution is 2.29. The third-order valence-electron chi connectivity index (χ3n) is 5.36. The van der Waals surface area contributed by atoms with E-state index in [2.05, 4.69) is 9.80 Å². The number of likely N-dealkylation sites (tertiary alicyclic amines) is 2. The Morgan fingerprint density at radius 1 is 0.778 bits per heavy atom. The summed E-state index contributed by atoms with van der Waals surface area (Å²) < 4.78 is 0. The monoisotopic (exact) mass is 252 g/mol. The third kappa shape index (κ3) is 2.73. The van der Waals surface area contributed by atoms with Crippen LogP contribution in [-0.2, 0) is 0 Å². The molecule has 104 valence electrons. The number of rotatable bonds is 3. The Morgan fingerprint density at radius 2 is 1.50 bits per heavy atom. The van der Waals surface area contributed by atoms with E-state index in [9.17, 15) is 5.11 Å². The summed E-state index contributed by atoms with van der Waals surface area (Å²) in [6.07, 6.45) is 9.72. The Hall–Kier alpha value is -0.120. The van der Waals surface area contributed by atoms with E-state index in [0.717, 1.165) is 18.6 Å². The third-order valence-corrected chi connectivity index (χ3v) is 5.36. The van der Waals surface area contributed by atoms with Gasteiger partial charge in [-0.15, -0.1) is 0 Å². The molecule has 0 aromatic heterocycles. The zero-order valence-corrected chi connectivity index (χ0v) is 11.6. The Balaban J connectivity index is 1.53. The van der Waals surface area contributed by atoms with Crippen molar-refractivity contribution in [3.8, 4) is 0 Å². The molecule has 0 aromatic rings. The summed E-state index contributed by atoms with van der Waals surface area (Å²) >= 11 is 0. The van der Waals surface area contributed by atoms with Crippen LogP contribution in [0.15, 0.2) is 0 Å². The zero-order valence-electron chi connectivity index (χ0n) is 11.6. The topological polar surface area (TPSA) is 26.7 Å². The van der Waals surface area contributed by atoms with Gasteiger partial charge < -0.3 is 5.11 Å². The van der Waals surface area contributed by atoms with Crippen LogP contribution >= 0.6 is 0 Å². The molecule has 2 unspecified atom stereocenters. The van der Waals surface area contributed by atoms with Gasteiger partial charge in [-0.25, -0.2) is 0 Å². The second kappa shape index (κ2) is 5.89. The molecule has 1 N–H and O–H groups in total. The summed E-state index contributed by atoms with van der Waals surface area (Å²) in [5.74, 6) is 0.548. The van der Waals surface area contributed by atoms with Gasteiger partial charge in [0, 0.05) is 31.8 Å². The van der Waals surface area contributed by atoms with Crippen LogP contribution in [0.3, 0.4) is 0 Å². The van der Waals surface area contributed by atoms with Crippen molar-refractivity contribution in [3.05, 3.63) is 0 Å². The molecule has 2 saturated heterocycles. The summed E-state index contributed by atoms with van der Waals surface area (Å²) in [7, 11) is 0. The van der Waals surface area contributed by atoms with Crippen molar-refractivity contribution in [2.45, 2.75) is 57.0 Å². The molecule has 18 heavy (non-hydrogen) atoms. The lowest BCUT2D eigenvalue weighted by molar-refractivity contribution is 0.0808. The van der Waals surface area contributed by atoms with Crippen LogP contribution in [0.1, 0.15) is 44.9 Å². The van der Waals surface area contributed by atoms with E-state index in [1.54, 1.807) is 0 Å². The van der Waals surface area contributed by atoms with Crippen molar-refractivity contribution >= 4 is 0 Å². The number of hydrogen-bond donors (Lipinski definition) is 1. The molecule has 1 saturated carbocycles. The molecular formula is C15H28N2O. The molecule has 1 aliphatic carbocycles. The minimum atomic E-state index is 0.384. The molecule has 0 bridgehead atoms. The van der Waals surface area contributed by atoms with E-state index in [-0.39, 0.29) is 0 Å². The minimum Gasteiger partial charge on any atom is -0.396 e. The standard InChI is InChI=1S/C15H28N2O/c18-12-13-7-9-17(10-13)15-6-3-8-16(11-15)14-4-1-2-5-14/h13-15,18H,1-12H2. The molecular weight excluding hydrogens is 224 g/mol. The van der Waals surface area contributed by atoms with Crippen molar-refractivity contribution in [1.82, 2.24) is 9.80 Å². The summed E-state index contributed by atoms with van der Waals surface area (Å²) in [6, 6.07) is 1.67. The first-order chi connectivity index (χ1) is 8.86. The van der Waals surface area contributed by atoms with Gasteiger partial charge in [-0.3, -0.25) is 9.80 Å². The fourth-order valence-corrected chi connectivity index (χ4v) is 4.23. The van der Waals surface area contributed by atoms with Crippen LogP contribution in [0.5, 0.6) is 0 Å². The maximum absolute atomic E-state index is 9.27. The number of hydrogen-bond acceptors (Lipinski definition) is 3. The van der Waals surface area contributed by atoms with Gasteiger partial charge in [-0.05, 0) is 51.1 Å². The van der Waals surface area contributed by atoms with Crippen LogP contribution < -0.4 is 0 Å². The highest BCUT2D eigenvalue weighted by atomic mass is 16.3. The van der Waals surface area contributed by atoms with Crippen molar-refractivity contribution in [2.24, 2.45) is 5.92 Å². The predicted molar refractivity (Wildman–Crippen MR) is 73.6 cm³/mol. The van der Waals surface area contributed by atoms with Gasteiger partial charge in [0.2, 0.25) is 0 Å². The van der Waals surface area contributed by atoms with Gasteiger partial charge in [-0.1, -0.05) is 12.8 Å². The van der Waals surface area contributed by atoms with Gasteiger partial charge in [-0.2, -0.15) is 0 Å². The second-order valence-electron chi connectivity index (χ2n) is 6.56. The lowest BCUT2D eigenvalue weighted by Crippen LogP contribution is -2.50. The summed E-state index contributed by atoms with van der Waals surface area (Å²) in [5, 5.41) is 9.27. The lowest BCUT2D eigenvalue weighted by atomic mass is 10.0. The van der Waals surface area contributed by atoms with Gasteiger partial charge >= 0.3 is 0 Å². The van der Waals surface area contributed by atoms with Crippen LogP contribution in [0.25, 0.3) is 0 Å². The number of piperidine rings is 1. The highest BCUT2D eigenvalue weighted by Gasteiger charge is 2.33. The Bertz CT molecular complexity index is 265. The number of aliphatic hydroxyl groups excluding tert-OH is 1. The molecule has 0 amide bonds. The molecule has 3 aliphatic rings. The maximum atomic E-state index is 9.27. The fraction of sp³-hybridized carbons (Fsp3) is 1.00. The van der Waals surface area contributed by atoms with E-state index in [1.807, 2.05) is 0 Å². The molecule has 0 aromatic carbocycles. The van der Waals surface area contributed by atoms with E-state index in [1.165, 1.54) is 64.6 Å². The normalized spacial score (nSPS) is 36.5. The van der Waals surface area contributed by atoms with Crippen molar-refractivity contribution in [3.63, 3.8) is 0 Å². The zero-order chi connectivity index (χ0) is 12.4. The average molecular weight is 252 g/mol. The van der Waals surface area contributed by atoms with Crippen molar-refractivity contribution in [2.75, 3.05) is 32.8 Å². The van der Waals surface area contributed by atoms with Gasteiger partial charge in [0.05, 0.1) is 0 Å². The van der Waals surface area contributed by atoms with E-state index in [0.29, 0.717) is 12.5 Å². The lowest BCUT2D eigenvalue weighted by Gasteiger charge is -2.40. The van der Waals surface area contributed by atoms with Crippen LogP contribution in [0, 0.1) is 5.92 Å². The molecule has 3 heteroatoms. The van der Waals surface area contributed by atoms with Crippen LogP contribution in [0.2, 0.25) is 0 Å². The molecule has 3 nitrogen and oxygen atoms in total. The summed E-state index contributed by atoms with van der Waals surface area (Å²) in [5.41, 5.74) is 0. The Labute approximate surface area is 111 Å². The average Bonchev–Trinajstić information content (AvgIpc) is 3.10. The molecule has 3 rings (SSSR count). The van der Waals surface area contributed by atoms with Gasteiger partial charge in [0.1, 0.15) is 0 Å². The quantitative estimate of drug-likeness (QED) is 0.828. The molecule has 3 fully saturated rings. The van der Waals surface area contributed by atoms with Crippen molar-refractivity contribution < 1.29 is 5.11 Å². The first-order valence-electron chi connectivity index (χ1n) is 7.96. The highest BCUT2D eigenvalue weighted by molar-refractivity contribution is 4.89. The molecule has 0 radical (unpaired) electrons. The second-order valence-corrected chi connectivity index (χ2v) is 6.56. The largest absolute Gasteiger partial charge is 0.396 e. The van der Waals surface area contributed by atoms with E-state index >= 15 is 0 Å². The number of nitrogens with zero attached hydrogens (tertiary/aromatic N) is 2. The first kappa shape index (κ1) is 12.9. The molecule has 0 spiro atoms. The Morgan fingerprint density at radius 3 is 2.22 bits per heavy atom. The Kier molecular flexibility index (Phi) is 4.22. The summed E-state index contributed by atoms with van der Waals surface area (Å²) in [6.45, 7) is 5.37. The molecule has 2 aliphatic heterocycles. The van der Waals surface area contributed by atoms with Crippen LogP contribution in [-0.4, -0.2) is 59.8 Å². The smallest absolute Gasteiger partial charge is 0.0471 e. The molecule has 2 heterocycles. The predicted octanol–water partition coefficient (Wildman–Crippen LogP) is 1.71. The number of aliphatic hydroxyl groups is 1. The van der Waals surface area contributed by atoms with Crippen molar-refractivity contribution in [1.29, 1.82) is 0 Å². The van der Waals surface area contributed by atoms with Gasteiger partial charge in [0.15, 0.2) is 0 Å². The van der Waals surface area contributed by atoms with Gasteiger partial charge in [0.25, 0.3) is 0 Å². The molecule has 2 atom stereocenters. The van der Waals surface area contributed by atoms with E-state index in [4.69, 9.17) is 0 Å². The maximum Gasteiger partial charge on any atom is 0.0471 e. The fourth-order valence-electron chi connectivity index (χ4n) is 4.23. The summed E-state index contributed by atoms with van der Waals surface area (Å²) in [4.78, 5) is 5.43. The van der Waals surface area contributed by atoms with E-state index < -0.39 is 0 Å².